The highest BCUT2D eigenvalue weighted by atomic mass is 32.1. The second-order valence-corrected chi connectivity index (χ2v) is 7.11. The van der Waals surface area contributed by atoms with Crippen LogP contribution in [0.25, 0.3) is 0 Å². The van der Waals surface area contributed by atoms with Gasteiger partial charge in [0.25, 0.3) is 11.8 Å². The summed E-state index contributed by atoms with van der Waals surface area (Å²) in [6, 6.07) is 4.32. The highest BCUT2D eigenvalue weighted by Crippen LogP contribution is 2.32. The van der Waals surface area contributed by atoms with E-state index < -0.39 is 23.4 Å². The number of nitrogens with one attached hydrogen (secondary N) is 2. The molecule has 1 aromatic carbocycles. The molecule has 7 heteroatoms. The molecule has 0 saturated carbocycles. The second-order valence-electron chi connectivity index (χ2n) is 5.97. The molecule has 2 amide bonds. The summed E-state index contributed by atoms with van der Waals surface area (Å²) in [5.74, 6) is -2.33. The Bertz CT molecular complexity index is 784. The molecule has 1 aliphatic rings. The van der Waals surface area contributed by atoms with E-state index in [0.717, 1.165) is 31.4 Å². The summed E-state index contributed by atoms with van der Waals surface area (Å²) >= 11 is 1.41. The molecule has 4 nitrogen and oxygen atoms in total. The molecule has 0 aliphatic heterocycles. The van der Waals surface area contributed by atoms with Gasteiger partial charge in [-0.05, 0) is 48.9 Å². The maximum atomic E-state index is 13.1. The summed E-state index contributed by atoms with van der Waals surface area (Å²) < 4.78 is 26.2. The molecule has 24 heavy (non-hydrogen) atoms. The van der Waals surface area contributed by atoms with Gasteiger partial charge in [-0.2, -0.15) is 0 Å². The minimum absolute atomic E-state index is 0.202. The second kappa shape index (κ2) is 6.68. The first-order chi connectivity index (χ1) is 11.4. The van der Waals surface area contributed by atoms with Crippen LogP contribution in [0.1, 0.15) is 43.8 Å². The lowest BCUT2D eigenvalue weighted by molar-refractivity contribution is 0.0848. The monoisotopic (exact) mass is 350 g/mol. The SMILES string of the molecule is C[C@@H]1CCc2sc(C(=O)NNC(=O)c3cc(F)cc(F)c3)cc2C1. The number of thiophene rings is 1. The summed E-state index contributed by atoms with van der Waals surface area (Å²) in [7, 11) is 0. The van der Waals surface area contributed by atoms with Crippen LogP contribution in [0.2, 0.25) is 0 Å². The van der Waals surface area contributed by atoms with Crippen LogP contribution in [-0.2, 0) is 12.8 Å². The number of hydrogen-bond donors (Lipinski definition) is 2. The fraction of sp³-hybridized carbons (Fsp3) is 0.294. The average molecular weight is 350 g/mol. The number of fused-ring (bicyclic) bond motifs is 1. The van der Waals surface area contributed by atoms with Gasteiger partial charge >= 0.3 is 0 Å². The molecule has 1 aromatic heterocycles. The predicted octanol–water partition coefficient (Wildman–Crippen LogP) is 3.23. The molecule has 2 N–H and O–H groups in total. The Hall–Kier alpha value is -2.28. The highest BCUT2D eigenvalue weighted by molar-refractivity contribution is 7.14. The van der Waals surface area contributed by atoms with E-state index in [2.05, 4.69) is 17.8 Å². The van der Waals surface area contributed by atoms with Crippen molar-refractivity contribution >= 4 is 23.2 Å². The van der Waals surface area contributed by atoms with Crippen molar-refractivity contribution in [2.45, 2.75) is 26.2 Å². The first-order valence-corrected chi connectivity index (χ1v) is 8.42. The molecule has 0 fully saturated rings. The van der Waals surface area contributed by atoms with E-state index in [-0.39, 0.29) is 5.56 Å². The number of halogens is 2. The molecule has 0 unspecified atom stereocenters. The van der Waals surface area contributed by atoms with Gasteiger partial charge in [-0.25, -0.2) is 8.78 Å². The van der Waals surface area contributed by atoms with Gasteiger partial charge in [-0.15, -0.1) is 11.3 Å². The van der Waals surface area contributed by atoms with Crippen molar-refractivity contribution < 1.29 is 18.4 Å². The quantitative estimate of drug-likeness (QED) is 0.817. The molecule has 2 aromatic rings. The van der Waals surface area contributed by atoms with E-state index in [1.54, 1.807) is 0 Å². The van der Waals surface area contributed by atoms with Crippen molar-refractivity contribution in [2.24, 2.45) is 5.92 Å². The zero-order valence-corrected chi connectivity index (χ0v) is 13.8. The maximum absolute atomic E-state index is 13.1. The molecule has 3 rings (SSSR count). The number of hydrazine groups is 1. The Kier molecular flexibility index (Phi) is 4.62. The van der Waals surface area contributed by atoms with Crippen LogP contribution in [-0.4, -0.2) is 11.8 Å². The Morgan fingerprint density at radius 2 is 1.75 bits per heavy atom. The molecular formula is C17H16F2N2O2S. The Morgan fingerprint density at radius 1 is 1.08 bits per heavy atom. The smallest absolute Gasteiger partial charge is 0.267 e. The average Bonchev–Trinajstić information content (AvgIpc) is 2.94. The van der Waals surface area contributed by atoms with Gasteiger partial charge in [0.2, 0.25) is 0 Å². The van der Waals surface area contributed by atoms with E-state index in [0.29, 0.717) is 16.9 Å². The Balaban J connectivity index is 1.64. The van der Waals surface area contributed by atoms with Gasteiger partial charge in [-0.3, -0.25) is 20.4 Å². The largest absolute Gasteiger partial charge is 0.279 e. The highest BCUT2D eigenvalue weighted by Gasteiger charge is 2.21. The van der Waals surface area contributed by atoms with Crippen molar-refractivity contribution in [2.75, 3.05) is 0 Å². The molecule has 1 heterocycles. The lowest BCUT2D eigenvalue weighted by Crippen LogP contribution is -2.41. The molecule has 126 valence electrons. The first-order valence-electron chi connectivity index (χ1n) is 7.60. The number of carbonyl (C=O) groups excluding carboxylic acids is 2. The normalized spacial score (nSPS) is 16.4. The summed E-state index contributed by atoms with van der Waals surface area (Å²) in [6.45, 7) is 2.18. The number of benzene rings is 1. The third-order valence-electron chi connectivity index (χ3n) is 3.97. The lowest BCUT2D eigenvalue weighted by Gasteiger charge is -2.16. The summed E-state index contributed by atoms with van der Waals surface area (Å²) in [5.41, 5.74) is 5.44. The fourth-order valence-electron chi connectivity index (χ4n) is 2.75. The van der Waals surface area contributed by atoms with Crippen LogP contribution >= 0.6 is 11.3 Å². The Morgan fingerprint density at radius 3 is 2.46 bits per heavy atom. The van der Waals surface area contributed by atoms with Crippen LogP contribution in [0.15, 0.2) is 24.3 Å². The zero-order chi connectivity index (χ0) is 17.3. The van der Waals surface area contributed by atoms with E-state index in [9.17, 15) is 18.4 Å². The fourth-order valence-corrected chi connectivity index (χ4v) is 3.85. The minimum Gasteiger partial charge on any atom is -0.267 e. The van der Waals surface area contributed by atoms with Gasteiger partial charge in [0.1, 0.15) is 11.6 Å². The van der Waals surface area contributed by atoms with Gasteiger partial charge in [-0.1, -0.05) is 6.92 Å². The van der Waals surface area contributed by atoms with E-state index in [1.165, 1.54) is 21.8 Å². The maximum Gasteiger partial charge on any atom is 0.279 e. The number of hydrogen-bond acceptors (Lipinski definition) is 3. The number of carbonyl (C=O) groups is 2. The van der Waals surface area contributed by atoms with Crippen LogP contribution in [0.5, 0.6) is 0 Å². The van der Waals surface area contributed by atoms with Gasteiger partial charge in [0.05, 0.1) is 4.88 Å². The summed E-state index contributed by atoms with van der Waals surface area (Å²) in [6.07, 6.45) is 3.02. The van der Waals surface area contributed by atoms with E-state index >= 15 is 0 Å². The van der Waals surface area contributed by atoms with Gasteiger partial charge < -0.3 is 0 Å². The van der Waals surface area contributed by atoms with Crippen molar-refractivity contribution in [3.63, 3.8) is 0 Å². The van der Waals surface area contributed by atoms with Crippen LogP contribution in [0.4, 0.5) is 8.78 Å². The van der Waals surface area contributed by atoms with Crippen LogP contribution in [0, 0.1) is 17.6 Å². The minimum atomic E-state index is -0.855. The van der Waals surface area contributed by atoms with Gasteiger partial charge in [0, 0.05) is 16.5 Å². The standard InChI is InChI=1S/C17H16F2N2O2S/c1-9-2-3-14-10(4-9)7-15(24-14)17(23)21-20-16(22)11-5-12(18)8-13(19)6-11/h5-9H,2-4H2,1H3,(H,20,22)(H,21,23)/t9-/m1/s1. The van der Waals surface area contributed by atoms with E-state index in [4.69, 9.17) is 0 Å². The van der Waals surface area contributed by atoms with E-state index in [1.807, 2.05) is 6.07 Å². The molecule has 1 atom stereocenters. The first kappa shape index (κ1) is 16.6. The summed E-state index contributed by atoms with van der Waals surface area (Å²) in [5, 5.41) is 0. The van der Waals surface area contributed by atoms with Crippen LogP contribution < -0.4 is 10.9 Å². The number of aryl methyl sites for hydroxylation is 1. The van der Waals surface area contributed by atoms with Crippen molar-refractivity contribution in [1.29, 1.82) is 0 Å². The molecule has 0 saturated heterocycles. The number of rotatable bonds is 2. The lowest BCUT2D eigenvalue weighted by atomic mass is 9.90. The molecule has 0 bridgehead atoms. The Labute approximate surface area is 141 Å². The molecule has 0 radical (unpaired) electrons. The third kappa shape index (κ3) is 3.62. The van der Waals surface area contributed by atoms with Crippen molar-refractivity contribution in [3.8, 4) is 0 Å². The molecule has 0 spiro atoms. The predicted molar refractivity (Wildman–Crippen MR) is 86.8 cm³/mol. The van der Waals surface area contributed by atoms with Crippen LogP contribution in [0.3, 0.4) is 0 Å². The number of amides is 2. The zero-order valence-electron chi connectivity index (χ0n) is 13.0. The molecular weight excluding hydrogens is 334 g/mol. The third-order valence-corrected chi connectivity index (χ3v) is 5.20. The van der Waals surface area contributed by atoms with Crippen molar-refractivity contribution in [3.05, 3.63) is 56.8 Å². The molecule has 1 aliphatic carbocycles. The topological polar surface area (TPSA) is 58.2 Å². The van der Waals surface area contributed by atoms with Gasteiger partial charge in [0.15, 0.2) is 0 Å². The summed E-state index contributed by atoms with van der Waals surface area (Å²) in [4.78, 5) is 25.7. The van der Waals surface area contributed by atoms with Crippen molar-refractivity contribution in [1.82, 2.24) is 10.9 Å².